The molecule has 0 bridgehead atoms. The summed E-state index contributed by atoms with van der Waals surface area (Å²) in [6, 6.07) is 8.39. The highest BCUT2D eigenvalue weighted by atomic mass is 16.5. The van der Waals surface area contributed by atoms with Crippen LogP contribution in [0.25, 0.3) is 0 Å². The minimum Gasteiger partial charge on any atom is -0.368 e. The molecule has 5 nitrogen and oxygen atoms in total. The third-order valence-electron chi connectivity index (χ3n) is 2.85. The second-order valence-corrected chi connectivity index (χ2v) is 4.66. The standard InChI is InChI=1S/C14H20N2O3/c1-9(2)11(13(15)17)16-14(18)12(19-3)10-7-5-4-6-8-10/h4-9,11-12H,1-3H3,(H2,15,17)(H,16,18)/t11-,12-/m0/s1. The summed E-state index contributed by atoms with van der Waals surface area (Å²) in [6.07, 6.45) is -0.748. The van der Waals surface area contributed by atoms with Crippen molar-refractivity contribution in [3.8, 4) is 0 Å². The Labute approximate surface area is 113 Å². The molecular weight excluding hydrogens is 244 g/mol. The molecule has 0 fully saturated rings. The van der Waals surface area contributed by atoms with Crippen LogP contribution in [0.5, 0.6) is 0 Å². The highest BCUT2D eigenvalue weighted by molar-refractivity contribution is 5.89. The Kier molecular flexibility index (Phi) is 5.51. The second kappa shape index (κ2) is 6.89. The lowest BCUT2D eigenvalue weighted by molar-refractivity contribution is -0.135. The maximum Gasteiger partial charge on any atom is 0.254 e. The Morgan fingerprint density at radius 3 is 2.21 bits per heavy atom. The number of primary amides is 1. The van der Waals surface area contributed by atoms with Crippen LogP contribution < -0.4 is 11.1 Å². The van der Waals surface area contributed by atoms with Gasteiger partial charge in [-0.1, -0.05) is 44.2 Å². The normalized spacial score (nSPS) is 13.9. The molecule has 1 aromatic rings. The first-order chi connectivity index (χ1) is 8.97. The lowest BCUT2D eigenvalue weighted by Crippen LogP contribution is -2.49. The van der Waals surface area contributed by atoms with Crippen LogP contribution in [0.15, 0.2) is 30.3 Å². The Balaban J connectivity index is 2.83. The van der Waals surface area contributed by atoms with Gasteiger partial charge < -0.3 is 15.8 Å². The van der Waals surface area contributed by atoms with Gasteiger partial charge in [0.1, 0.15) is 6.04 Å². The Hall–Kier alpha value is -1.88. The summed E-state index contributed by atoms with van der Waals surface area (Å²) >= 11 is 0. The number of nitrogens with two attached hydrogens (primary N) is 1. The fraction of sp³-hybridized carbons (Fsp3) is 0.429. The Morgan fingerprint density at radius 2 is 1.79 bits per heavy atom. The van der Waals surface area contributed by atoms with Crippen molar-refractivity contribution in [2.45, 2.75) is 26.0 Å². The second-order valence-electron chi connectivity index (χ2n) is 4.66. The molecule has 0 saturated carbocycles. The average molecular weight is 264 g/mol. The van der Waals surface area contributed by atoms with E-state index < -0.39 is 18.1 Å². The summed E-state index contributed by atoms with van der Waals surface area (Å²) < 4.78 is 5.19. The van der Waals surface area contributed by atoms with Crippen LogP contribution in [0.1, 0.15) is 25.5 Å². The van der Waals surface area contributed by atoms with Gasteiger partial charge in [0, 0.05) is 7.11 Å². The lowest BCUT2D eigenvalue weighted by atomic mass is 10.0. The first kappa shape index (κ1) is 15.2. The topological polar surface area (TPSA) is 81.4 Å². The molecule has 19 heavy (non-hydrogen) atoms. The molecule has 0 aliphatic rings. The van der Waals surface area contributed by atoms with Gasteiger partial charge in [-0.2, -0.15) is 0 Å². The van der Waals surface area contributed by atoms with E-state index in [1.54, 1.807) is 12.1 Å². The van der Waals surface area contributed by atoms with E-state index in [-0.39, 0.29) is 11.8 Å². The van der Waals surface area contributed by atoms with Crippen molar-refractivity contribution in [3.05, 3.63) is 35.9 Å². The Morgan fingerprint density at radius 1 is 1.21 bits per heavy atom. The number of hydrogen-bond donors (Lipinski definition) is 2. The number of carbonyl (C=O) groups is 2. The zero-order valence-corrected chi connectivity index (χ0v) is 11.4. The number of carbonyl (C=O) groups excluding carboxylic acids is 2. The van der Waals surface area contributed by atoms with Gasteiger partial charge in [-0.05, 0) is 11.5 Å². The van der Waals surface area contributed by atoms with Crippen LogP contribution in [0.3, 0.4) is 0 Å². The van der Waals surface area contributed by atoms with Crippen LogP contribution in [-0.2, 0) is 14.3 Å². The van der Waals surface area contributed by atoms with E-state index in [2.05, 4.69) is 5.32 Å². The van der Waals surface area contributed by atoms with Crippen molar-refractivity contribution in [2.75, 3.05) is 7.11 Å². The number of rotatable bonds is 6. The minimum absolute atomic E-state index is 0.0743. The van der Waals surface area contributed by atoms with E-state index in [4.69, 9.17) is 10.5 Å². The molecule has 0 radical (unpaired) electrons. The number of amides is 2. The molecule has 0 saturated heterocycles. The average Bonchev–Trinajstić information content (AvgIpc) is 2.37. The van der Waals surface area contributed by atoms with Gasteiger partial charge in [0.2, 0.25) is 5.91 Å². The third-order valence-corrected chi connectivity index (χ3v) is 2.85. The molecule has 5 heteroatoms. The smallest absolute Gasteiger partial charge is 0.254 e. The van der Waals surface area contributed by atoms with E-state index in [1.807, 2.05) is 32.0 Å². The van der Waals surface area contributed by atoms with Crippen LogP contribution in [-0.4, -0.2) is 25.0 Å². The SMILES string of the molecule is CO[C@H](C(=O)N[C@H](C(N)=O)C(C)C)c1ccccc1. The number of nitrogens with one attached hydrogen (secondary N) is 1. The largest absolute Gasteiger partial charge is 0.368 e. The monoisotopic (exact) mass is 264 g/mol. The van der Waals surface area contributed by atoms with Crippen LogP contribution in [0.2, 0.25) is 0 Å². The van der Waals surface area contributed by atoms with Gasteiger partial charge in [-0.15, -0.1) is 0 Å². The Bertz CT molecular complexity index is 432. The molecule has 0 aromatic heterocycles. The molecule has 0 heterocycles. The van der Waals surface area contributed by atoms with Crippen molar-refractivity contribution in [3.63, 3.8) is 0 Å². The molecular formula is C14H20N2O3. The molecule has 3 N–H and O–H groups in total. The van der Waals surface area contributed by atoms with Crippen LogP contribution in [0, 0.1) is 5.92 Å². The van der Waals surface area contributed by atoms with Crippen molar-refractivity contribution in [2.24, 2.45) is 11.7 Å². The predicted molar refractivity (Wildman–Crippen MR) is 72.2 cm³/mol. The number of ether oxygens (including phenoxy) is 1. The van der Waals surface area contributed by atoms with Gasteiger partial charge in [0.15, 0.2) is 6.10 Å². The highest BCUT2D eigenvalue weighted by Crippen LogP contribution is 2.17. The van der Waals surface area contributed by atoms with Crippen molar-refractivity contribution in [1.29, 1.82) is 0 Å². The van der Waals surface area contributed by atoms with Crippen LogP contribution >= 0.6 is 0 Å². The number of hydrogen-bond acceptors (Lipinski definition) is 3. The summed E-state index contributed by atoms with van der Waals surface area (Å²) in [4.78, 5) is 23.4. The zero-order chi connectivity index (χ0) is 14.4. The van der Waals surface area contributed by atoms with E-state index in [0.717, 1.165) is 5.56 Å². The number of benzene rings is 1. The van der Waals surface area contributed by atoms with E-state index >= 15 is 0 Å². The van der Waals surface area contributed by atoms with E-state index in [1.165, 1.54) is 7.11 Å². The van der Waals surface area contributed by atoms with E-state index in [0.29, 0.717) is 0 Å². The fourth-order valence-electron chi connectivity index (χ4n) is 1.82. The molecule has 2 atom stereocenters. The molecule has 2 amide bonds. The van der Waals surface area contributed by atoms with Crippen molar-refractivity contribution < 1.29 is 14.3 Å². The van der Waals surface area contributed by atoms with Gasteiger partial charge in [0.05, 0.1) is 0 Å². The first-order valence-electron chi connectivity index (χ1n) is 6.14. The summed E-state index contributed by atoms with van der Waals surface area (Å²) in [5, 5.41) is 2.63. The minimum atomic E-state index is -0.748. The summed E-state index contributed by atoms with van der Waals surface area (Å²) in [6.45, 7) is 3.64. The summed E-state index contributed by atoms with van der Waals surface area (Å²) in [5.74, 6) is -0.993. The van der Waals surface area contributed by atoms with Crippen molar-refractivity contribution >= 4 is 11.8 Å². The molecule has 1 rings (SSSR count). The summed E-state index contributed by atoms with van der Waals surface area (Å²) in [7, 11) is 1.45. The predicted octanol–water partition coefficient (Wildman–Crippen LogP) is 1.00. The van der Waals surface area contributed by atoms with Gasteiger partial charge in [-0.25, -0.2) is 0 Å². The van der Waals surface area contributed by atoms with Gasteiger partial charge in [-0.3, -0.25) is 9.59 Å². The zero-order valence-electron chi connectivity index (χ0n) is 11.4. The van der Waals surface area contributed by atoms with Gasteiger partial charge >= 0.3 is 0 Å². The maximum absolute atomic E-state index is 12.2. The third kappa shape index (κ3) is 4.06. The molecule has 1 aromatic carbocycles. The first-order valence-corrected chi connectivity index (χ1v) is 6.14. The molecule has 0 unspecified atom stereocenters. The molecule has 0 aliphatic heterocycles. The van der Waals surface area contributed by atoms with Gasteiger partial charge in [0.25, 0.3) is 5.91 Å². The maximum atomic E-state index is 12.2. The molecule has 104 valence electrons. The highest BCUT2D eigenvalue weighted by Gasteiger charge is 2.27. The van der Waals surface area contributed by atoms with Crippen LogP contribution in [0.4, 0.5) is 0 Å². The lowest BCUT2D eigenvalue weighted by Gasteiger charge is -2.22. The quantitative estimate of drug-likeness (QED) is 0.804. The molecule has 0 aliphatic carbocycles. The summed E-state index contributed by atoms with van der Waals surface area (Å²) in [5.41, 5.74) is 6.00. The molecule has 0 spiro atoms. The number of methoxy groups -OCH3 is 1. The fourth-order valence-corrected chi connectivity index (χ4v) is 1.82. The van der Waals surface area contributed by atoms with Crippen molar-refractivity contribution in [1.82, 2.24) is 5.32 Å². The van der Waals surface area contributed by atoms with E-state index in [9.17, 15) is 9.59 Å².